The summed E-state index contributed by atoms with van der Waals surface area (Å²) >= 11 is 1.40. The molecule has 0 aliphatic rings. The molecule has 1 heterocycles. The minimum atomic E-state index is -0.204. The van der Waals surface area contributed by atoms with Gasteiger partial charge in [-0.3, -0.25) is 9.59 Å². The van der Waals surface area contributed by atoms with Gasteiger partial charge in [0.15, 0.2) is 0 Å². The van der Waals surface area contributed by atoms with Crippen LogP contribution in [0.5, 0.6) is 5.75 Å². The Hall–Kier alpha value is -3.12. The average molecular weight is 394 g/mol. The van der Waals surface area contributed by atoms with Crippen molar-refractivity contribution in [1.82, 2.24) is 10.6 Å². The van der Waals surface area contributed by atoms with Crippen LogP contribution in [0.4, 0.5) is 0 Å². The Morgan fingerprint density at radius 3 is 2.14 bits per heavy atom. The van der Waals surface area contributed by atoms with Crippen LogP contribution < -0.4 is 15.4 Å². The number of thiophene rings is 1. The van der Waals surface area contributed by atoms with Crippen molar-refractivity contribution in [3.8, 4) is 16.2 Å². The molecule has 3 aromatic rings. The highest BCUT2D eigenvalue weighted by Crippen LogP contribution is 2.36. The van der Waals surface area contributed by atoms with E-state index in [2.05, 4.69) is 10.6 Å². The van der Waals surface area contributed by atoms with E-state index in [-0.39, 0.29) is 11.8 Å². The summed E-state index contributed by atoms with van der Waals surface area (Å²) in [6.07, 6.45) is 0. The summed E-state index contributed by atoms with van der Waals surface area (Å²) in [5.74, 6) is 0.217. The van der Waals surface area contributed by atoms with Gasteiger partial charge in [0.05, 0.1) is 6.61 Å². The van der Waals surface area contributed by atoms with E-state index in [0.29, 0.717) is 35.9 Å². The fraction of sp³-hybridized carbons (Fsp3) is 0.182. The zero-order valence-corrected chi connectivity index (χ0v) is 16.4. The average Bonchev–Trinajstić information content (AvgIpc) is 3.16. The van der Waals surface area contributed by atoms with Crippen LogP contribution in [0.25, 0.3) is 10.4 Å². The molecule has 3 rings (SSSR count). The van der Waals surface area contributed by atoms with E-state index in [1.807, 2.05) is 61.5 Å². The molecule has 0 spiro atoms. The molecule has 28 heavy (non-hydrogen) atoms. The van der Waals surface area contributed by atoms with E-state index in [1.54, 1.807) is 12.1 Å². The van der Waals surface area contributed by atoms with Gasteiger partial charge in [-0.15, -0.1) is 11.3 Å². The maximum absolute atomic E-state index is 12.6. The SMILES string of the molecule is CCOc1cc(-c2ccccc2)sc1C(=O)NCCNC(=O)c1ccccc1. The maximum Gasteiger partial charge on any atom is 0.265 e. The van der Waals surface area contributed by atoms with Crippen LogP contribution in [0.1, 0.15) is 27.0 Å². The Bertz CT molecular complexity index is 923. The van der Waals surface area contributed by atoms with E-state index in [4.69, 9.17) is 4.74 Å². The summed E-state index contributed by atoms with van der Waals surface area (Å²) in [5, 5.41) is 5.64. The highest BCUT2D eigenvalue weighted by Gasteiger charge is 2.18. The predicted octanol–water partition coefficient (Wildman–Crippen LogP) is 3.97. The second-order valence-corrected chi connectivity index (χ2v) is 7.03. The lowest BCUT2D eigenvalue weighted by atomic mass is 10.2. The monoisotopic (exact) mass is 394 g/mol. The molecule has 0 atom stereocenters. The molecule has 2 amide bonds. The first-order chi connectivity index (χ1) is 13.7. The molecule has 0 aliphatic heterocycles. The quantitative estimate of drug-likeness (QED) is 0.568. The van der Waals surface area contributed by atoms with Gasteiger partial charge in [0.1, 0.15) is 10.6 Å². The van der Waals surface area contributed by atoms with Gasteiger partial charge in [0, 0.05) is 23.5 Å². The molecule has 0 aliphatic carbocycles. The highest BCUT2D eigenvalue weighted by atomic mass is 32.1. The van der Waals surface area contributed by atoms with Crippen LogP contribution in [0, 0.1) is 0 Å². The molecule has 0 saturated heterocycles. The van der Waals surface area contributed by atoms with Crippen LogP contribution in [0.15, 0.2) is 66.7 Å². The molecule has 1 aromatic heterocycles. The first-order valence-corrected chi connectivity index (χ1v) is 9.94. The minimum absolute atomic E-state index is 0.160. The number of ether oxygens (including phenoxy) is 1. The van der Waals surface area contributed by atoms with Gasteiger partial charge >= 0.3 is 0 Å². The molecule has 0 fully saturated rings. The van der Waals surface area contributed by atoms with Crippen molar-refractivity contribution in [2.24, 2.45) is 0 Å². The number of hydrogen-bond donors (Lipinski definition) is 2. The normalized spacial score (nSPS) is 10.3. The number of hydrogen-bond acceptors (Lipinski definition) is 4. The summed E-state index contributed by atoms with van der Waals surface area (Å²) in [5.41, 5.74) is 1.64. The van der Waals surface area contributed by atoms with E-state index in [9.17, 15) is 9.59 Å². The third-order valence-corrected chi connectivity index (χ3v) is 5.16. The van der Waals surface area contributed by atoms with Crippen molar-refractivity contribution >= 4 is 23.2 Å². The first-order valence-electron chi connectivity index (χ1n) is 9.12. The second kappa shape index (κ2) is 9.71. The summed E-state index contributed by atoms with van der Waals surface area (Å²) in [6.45, 7) is 3.06. The molecular weight excluding hydrogens is 372 g/mol. The van der Waals surface area contributed by atoms with Crippen molar-refractivity contribution in [1.29, 1.82) is 0 Å². The molecule has 5 nitrogen and oxygen atoms in total. The number of carbonyl (C=O) groups is 2. The van der Waals surface area contributed by atoms with Gasteiger partial charge in [-0.25, -0.2) is 0 Å². The molecule has 144 valence electrons. The fourth-order valence-electron chi connectivity index (χ4n) is 2.66. The van der Waals surface area contributed by atoms with Crippen LogP contribution in [0.2, 0.25) is 0 Å². The number of rotatable bonds is 8. The van der Waals surface area contributed by atoms with E-state index in [0.717, 1.165) is 10.4 Å². The van der Waals surface area contributed by atoms with E-state index >= 15 is 0 Å². The first kappa shape index (κ1) is 19.6. The van der Waals surface area contributed by atoms with Gasteiger partial charge in [0.25, 0.3) is 11.8 Å². The third kappa shape index (κ3) is 4.98. The predicted molar refractivity (Wildman–Crippen MR) is 112 cm³/mol. The molecule has 0 saturated carbocycles. The van der Waals surface area contributed by atoms with Crippen molar-refractivity contribution in [3.63, 3.8) is 0 Å². The number of carbonyl (C=O) groups excluding carboxylic acids is 2. The lowest BCUT2D eigenvalue weighted by Gasteiger charge is -2.08. The highest BCUT2D eigenvalue weighted by molar-refractivity contribution is 7.17. The topological polar surface area (TPSA) is 67.4 Å². The molecule has 2 aromatic carbocycles. The molecule has 0 radical (unpaired) electrons. The van der Waals surface area contributed by atoms with Crippen molar-refractivity contribution in [2.75, 3.05) is 19.7 Å². The number of benzene rings is 2. The van der Waals surface area contributed by atoms with Gasteiger partial charge in [0.2, 0.25) is 0 Å². The molecular formula is C22H22N2O3S. The zero-order chi connectivity index (χ0) is 19.8. The minimum Gasteiger partial charge on any atom is -0.492 e. The standard InChI is InChI=1S/C22H22N2O3S/c1-2-27-18-15-19(16-9-5-3-6-10-16)28-20(18)22(26)24-14-13-23-21(25)17-11-7-4-8-12-17/h3-12,15H,2,13-14H2,1H3,(H,23,25)(H,24,26). The van der Waals surface area contributed by atoms with Gasteiger partial charge < -0.3 is 15.4 Å². The van der Waals surface area contributed by atoms with E-state index in [1.165, 1.54) is 11.3 Å². The molecule has 6 heteroatoms. The lowest BCUT2D eigenvalue weighted by Crippen LogP contribution is -2.34. The molecule has 0 unspecified atom stereocenters. The molecule has 2 N–H and O–H groups in total. The smallest absolute Gasteiger partial charge is 0.265 e. The summed E-state index contributed by atoms with van der Waals surface area (Å²) < 4.78 is 5.64. The Morgan fingerprint density at radius 1 is 0.893 bits per heavy atom. The Balaban J connectivity index is 1.59. The van der Waals surface area contributed by atoms with E-state index < -0.39 is 0 Å². The van der Waals surface area contributed by atoms with Crippen molar-refractivity contribution in [2.45, 2.75) is 6.92 Å². The fourth-order valence-corrected chi connectivity index (χ4v) is 3.69. The third-order valence-electron chi connectivity index (χ3n) is 3.99. The van der Waals surface area contributed by atoms with Crippen molar-refractivity contribution < 1.29 is 14.3 Å². The van der Waals surface area contributed by atoms with Gasteiger partial charge in [-0.1, -0.05) is 48.5 Å². The summed E-state index contributed by atoms with van der Waals surface area (Å²) in [6, 6.07) is 20.8. The van der Waals surface area contributed by atoms with Gasteiger partial charge in [-0.05, 0) is 30.7 Å². The molecule has 0 bridgehead atoms. The Morgan fingerprint density at radius 2 is 1.50 bits per heavy atom. The summed E-state index contributed by atoms with van der Waals surface area (Å²) in [7, 11) is 0. The van der Waals surface area contributed by atoms with Crippen LogP contribution in [0.3, 0.4) is 0 Å². The number of nitrogens with one attached hydrogen (secondary N) is 2. The summed E-state index contributed by atoms with van der Waals surface area (Å²) in [4.78, 5) is 26.1. The second-order valence-electron chi connectivity index (χ2n) is 5.98. The van der Waals surface area contributed by atoms with Crippen LogP contribution in [-0.2, 0) is 0 Å². The Labute approximate surface area is 168 Å². The lowest BCUT2D eigenvalue weighted by molar-refractivity contribution is 0.0928. The van der Waals surface area contributed by atoms with Crippen LogP contribution >= 0.6 is 11.3 Å². The van der Waals surface area contributed by atoms with Gasteiger partial charge in [-0.2, -0.15) is 0 Å². The number of amides is 2. The van der Waals surface area contributed by atoms with Crippen LogP contribution in [-0.4, -0.2) is 31.5 Å². The zero-order valence-electron chi connectivity index (χ0n) is 15.6. The largest absolute Gasteiger partial charge is 0.492 e. The van der Waals surface area contributed by atoms with Crippen molar-refractivity contribution in [3.05, 3.63) is 77.2 Å². The Kier molecular flexibility index (Phi) is 6.81. The maximum atomic E-state index is 12.6.